The lowest BCUT2D eigenvalue weighted by molar-refractivity contribution is 0.114. The van der Waals surface area contributed by atoms with Gasteiger partial charge >= 0.3 is 0 Å². The number of aromatic hydroxyl groups is 1. The smallest absolute Gasteiger partial charge is 0.116 e. The van der Waals surface area contributed by atoms with Crippen molar-refractivity contribution in [3.8, 4) is 5.75 Å². The van der Waals surface area contributed by atoms with E-state index in [0.29, 0.717) is 6.73 Å². The summed E-state index contributed by atoms with van der Waals surface area (Å²) in [4.78, 5) is 0. The van der Waals surface area contributed by atoms with Crippen molar-refractivity contribution in [3.63, 3.8) is 0 Å². The number of phenolic OH excluding ortho intramolecular Hbond substituents is 1. The zero-order valence-electron chi connectivity index (χ0n) is 17.2. The lowest BCUT2D eigenvalue weighted by Crippen LogP contribution is -2.31. The van der Waals surface area contributed by atoms with Gasteiger partial charge in [0.25, 0.3) is 0 Å². The van der Waals surface area contributed by atoms with Gasteiger partial charge in [-0.15, -0.1) is 0 Å². The summed E-state index contributed by atoms with van der Waals surface area (Å²) in [6.07, 6.45) is -0.0779. The second-order valence-corrected chi connectivity index (χ2v) is 7.92. The second-order valence-electron chi connectivity index (χ2n) is 7.92. The van der Waals surface area contributed by atoms with Gasteiger partial charge in [-0.05, 0) is 39.9 Å². The number of hydrogen-bond donors (Lipinski definition) is 2. The van der Waals surface area contributed by atoms with Crippen LogP contribution in [0.1, 0.15) is 33.9 Å². The Morgan fingerprint density at radius 2 is 1.19 bits per heavy atom. The van der Waals surface area contributed by atoms with Gasteiger partial charge in [0.05, 0.1) is 18.2 Å². The molecule has 31 heavy (non-hydrogen) atoms. The minimum Gasteiger partial charge on any atom is -0.508 e. The van der Waals surface area contributed by atoms with E-state index in [9.17, 15) is 5.11 Å². The van der Waals surface area contributed by atoms with E-state index in [1.165, 1.54) is 0 Å². The molecule has 0 aromatic heterocycles. The highest BCUT2D eigenvalue weighted by Gasteiger charge is 2.39. The molecule has 0 bridgehead atoms. The van der Waals surface area contributed by atoms with Crippen molar-refractivity contribution in [3.05, 3.63) is 137 Å². The molecule has 154 valence electrons. The third kappa shape index (κ3) is 3.52. The number of hydrogen-bond acceptors (Lipinski definition) is 3. The van der Waals surface area contributed by atoms with Crippen LogP contribution in [-0.4, -0.2) is 18.4 Å². The summed E-state index contributed by atoms with van der Waals surface area (Å²) in [5, 5.41) is 14.0. The van der Waals surface area contributed by atoms with Gasteiger partial charge in [-0.2, -0.15) is 0 Å². The molecule has 3 heteroatoms. The van der Waals surface area contributed by atoms with Crippen LogP contribution in [0.3, 0.4) is 0 Å². The lowest BCUT2D eigenvalue weighted by atomic mass is 9.65. The molecule has 1 aliphatic heterocycles. The van der Waals surface area contributed by atoms with Crippen LogP contribution in [0.15, 0.2) is 109 Å². The van der Waals surface area contributed by atoms with Crippen LogP contribution in [0.5, 0.6) is 5.75 Å². The highest BCUT2D eigenvalue weighted by Crippen LogP contribution is 2.46. The number of rotatable bonds is 5. The van der Waals surface area contributed by atoms with Gasteiger partial charge in [-0.3, -0.25) is 5.32 Å². The second kappa shape index (κ2) is 8.38. The first-order valence-electron chi connectivity index (χ1n) is 10.6. The fraction of sp³-hybridized carbons (Fsp3) is 0.143. The Balaban J connectivity index is 1.85. The fourth-order valence-electron chi connectivity index (χ4n) is 4.72. The van der Waals surface area contributed by atoms with Crippen LogP contribution in [0.25, 0.3) is 0 Å². The molecule has 3 nitrogen and oxygen atoms in total. The lowest BCUT2D eigenvalue weighted by Gasteiger charge is -2.37. The van der Waals surface area contributed by atoms with Crippen LogP contribution < -0.4 is 5.32 Å². The number of ether oxygens (including phenoxy) is 1. The summed E-state index contributed by atoms with van der Waals surface area (Å²) >= 11 is 0. The van der Waals surface area contributed by atoms with Crippen LogP contribution in [0, 0.1) is 0 Å². The van der Waals surface area contributed by atoms with Gasteiger partial charge in [-0.25, -0.2) is 0 Å². The maximum absolute atomic E-state index is 10.8. The predicted molar refractivity (Wildman–Crippen MR) is 123 cm³/mol. The molecule has 0 spiro atoms. The molecule has 0 radical (unpaired) electrons. The van der Waals surface area contributed by atoms with Gasteiger partial charge in [0.2, 0.25) is 0 Å². The van der Waals surface area contributed by atoms with Crippen molar-refractivity contribution in [2.75, 3.05) is 13.3 Å². The predicted octanol–water partition coefficient (Wildman–Crippen LogP) is 5.39. The third-order valence-corrected chi connectivity index (χ3v) is 6.08. The average Bonchev–Trinajstić information content (AvgIpc) is 3.37. The van der Waals surface area contributed by atoms with Crippen molar-refractivity contribution in [2.45, 2.75) is 11.5 Å². The topological polar surface area (TPSA) is 41.5 Å². The highest BCUT2D eigenvalue weighted by molar-refractivity contribution is 5.61. The largest absolute Gasteiger partial charge is 0.508 e. The molecule has 0 saturated carbocycles. The number of benzene rings is 4. The quantitative estimate of drug-likeness (QED) is 0.436. The molecule has 1 atom stereocenters. The molecule has 4 aromatic rings. The molecule has 1 unspecified atom stereocenters. The molecule has 5 rings (SSSR count). The molecule has 1 saturated heterocycles. The van der Waals surface area contributed by atoms with E-state index in [2.05, 4.69) is 84.2 Å². The summed E-state index contributed by atoms with van der Waals surface area (Å²) in [7, 11) is 0. The minimum atomic E-state index is -0.580. The number of nitrogens with one attached hydrogen (secondary N) is 1. The molecule has 1 aliphatic rings. The summed E-state index contributed by atoms with van der Waals surface area (Å²) < 4.78 is 5.86. The third-order valence-electron chi connectivity index (χ3n) is 6.08. The first kappa shape index (κ1) is 19.6. The molecule has 1 heterocycles. The van der Waals surface area contributed by atoms with Gasteiger partial charge < -0.3 is 9.84 Å². The Morgan fingerprint density at radius 1 is 0.677 bits per heavy atom. The molecular formula is C28H25NO2. The number of phenols is 1. The Bertz CT molecular complexity index is 1040. The van der Waals surface area contributed by atoms with Crippen LogP contribution in [0.2, 0.25) is 0 Å². The summed E-state index contributed by atoms with van der Waals surface area (Å²) in [5.41, 5.74) is 4.86. The minimum absolute atomic E-state index is 0.0779. The van der Waals surface area contributed by atoms with Crippen molar-refractivity contribution in [2.24, 2.45) is 0 Å². The van der Waals surface area contributed by atoms with Crippen LogP contribution >= 0.6 is 0 Å². The van der Waals surface area contributed by atoms with Crippen molar-refractivity contribution < 1.29 is 9.84 Å². The highest BCUT2D eigenvalue weighted by atomic mass is 16.5. The summed E-state index contributed by atoms with van der Waals surface area (Å²) in [5.74, 6) is 0.246. The maximum atomic E-state index is 10.8. The first-order chi connectivity index (χ1) is 15.3. The molecular weight excluding hydrogens is 382 g/mol. The van der Waals surface area contributed by atoms with E-state index in [4.69, 9.17) is 4.74 Å². The SMILES string of the molecule is Oc1cc(C2CNCO2)cc(C(c2ccccc2)(c2ccccc2)c2ccccc2)c1. The van der Waals surface area contributed by atoms with Gasteiger partial charge in [0, 0.05) is 6.54 Å². The Morgan fingerprint density at radius 3 is 1.65 bits per heavy atom. The van der Waals surface area contributed by atoms with Crippen LogP contribution in [-0.2, 0) is 10.2 Å². The summed E-state index contributed by atoms with van der Waals surface area (Å²) in [6, 6.07) is 37.4. The van der Waals surface area contributed by atoms with E-state index in [-0.39, 0.29) is 11.9 Å². The van der Waals surface area contributed by atoms with Crippen molar-refractivity contribution in [1.82, 2.24) is 5.32 Å². The molecule has 0 amide bonds. The standard InChI is InChI=1S/C28H25NO2/c30-26-17-21(27-19-29-20-31-27)16-25(18-26)28(22-10-4-1-5-11-22,23-12-6-2-7-13-23)24-14-8-3-9-15-24/h1-18,27,29-30H,19-20H2. The Hall–Kier alpha value is -3.40. The molecule has 0 aliphatic carbocycles. The van der Waals surface area contributed by atoms with E-state index >= 15 is 0 Å². The maximum Gasteiger partial charge on any atom is 0.116 e. The average molecular weight is 408 g/mol. The summed E-state index contributed by atoms with van der Waals surface area (Å²) in [6.45, 7) is 1.26. The zero-order chi connectivity index (χ0) is 21.1. The Kier molecular flexibility index (Phi) is 5.29. The molecule has 2 N–H and O–H groups in total. The zero-order valence-corrected chi connectivity index (χ0v) is 17.2. The van der Waals surface area contributed by atoms with Gasteiger partial charge in [0.15, 0.2) is 0 Å². The Labute approximate surface area is 183 Å². The van der Waals surface area contributed by atoms with Crippen molar-refractivity contribution in [1.29, 1.82) is 0 Å². The van der Waals surface area contributed by atoms with E-state index in [1.807, 2.05) is 30.3 Å². The van der Waals surface area contributed by atoms with Crippen molar-refractivity contribution >= 4 is 0 Å². The van der Waals surface area contributed by atoms with Crippen LogP contribution in [0.4, 0.5) is 0 Å². The van der Waals surface area contributed by atoms with Gasteiger partial charge in [-0.1, -0.05) is 97.1 Å². The fourth-order valence-corrected chi connectivity index (χ4v) is 4.72. The van der Waals surface area contributed by atoms with E-state index in [1.54, 1.807) is 0 Å². The molecule has 1 fully saturated rings. The molecule has 4 aromatic carbocycles. The monoisotopic (exact) mass is 407 g/mol. The first-order valence-corrected chi connectivity index (χ1v) is 10.6. The van der Waals surface area contributed by atoms with Gasteiger partial charge in [0.1, 0.15) is 5.75 Å². The van der Waals surface area contributed by atoms with E-state index in [0.717, 1.165) is 34.4 Å². The van der Waals surface area contributed by atoms with E-state index < -0.39 is 5.41 Å². The normalized spacial score (nSPS) is 16.3.